The minimum absolute atomic E-state index is 0.0371. The number of benzene rings is 3. The molecule has 0 saturated carbocycles. The average molecular weight is 387 g/mol. The van der Waals surface area contributed by atoms with Crippen molar-refractivity contribution < 1.29 is 14.3 Å². The van der Waals surface area contributed by atoms with Crippen molar-refractivity contribution in [1.29, 1.82) is 0 Å². The Morgan fingerprint density at radius 3 is 2.00 bits per heavy atom. The van der Waals surface area contributed by atoms with E-state index in [0.29, 0.717) is 22.6 Å². The monoisotopic (exact) mass is 387 g/mol. The zero-order valence-electron chi connectivity index (χ0n) is 16.9. The molecule has 0 bridgehead atoms. The van der Waals surface area contributed by atoms with Crippen LogP contribution in [0.2, 0.25) is 0 Å². The van der Waals surface area contributed by atoms with Gasteiger partial charge in [-0.25, -0.2) is 0 Å². The Morgan fingerprint density at radius 2 is 1.41 bits per heavy atom. The Kier molecular flexibility index (Phi) is 6.13. The molecule has 0 aromatic heterocycles. The summed E-state index contributed by atoms with van der Waals surface area (Å²) in [6, 6.07) is 23.6. The van der Waals surface area contributed by atoms with Crippen LogP contribution in [-0.2, 0) is 5.41 Å². The van der Waals surface area contributed by atoms with Gasteiger partial charge in [-0.05, 0) is 59.5 Å². The summed E-state index contributed by atoms with van der Waals surface area (Å²) < 4.78 is 5.62. The van der Waals surface area contributed by atoms with Crippen LogP contribution < -0.4 is 10.1 Å². The second kappa shape index (κ2) is 8.74. The van der Waals surface area contributed by atoms with Gasteiger partial charge in [-0.2, -0.15) is 0 Å². The number of nitrogens with one attached hydrogen (secondary N) is 1. The maximum Gasteiger partial charge on any atom is 0.255 e. The summed E-state index contributed by atoms with van der Waals surface area (Å²) >= 11 is 0. The highest BCUT2D eigenvalue weighted by Gasteiger charge is 2.13. The van der Waals surface area contributed by atoms with Gasteiger partial charge in [0.1, 0.15) is 5.75 Å². The van der Waals surface area contributed by atoms with E-state index in [4.69, 9.17) is 4.74 Å². The van der Waals surface area contributed by atoms with Gasteiger partial charge in [-0.3, -0.25) is 9.59 Å². The van der Waals surface area contributed by atoms with E-state index in [1.165, 1.54) is 5.56 Å². The number of carbonyl (C=O) groups is 2. The van der Waals surface area contributed by atoms with Crippen molar-refractivity contribution in [2.45, 2.75) is 26.2 Å². The first kappa shape index (κ1) is 20.3. The Balaban J connectivity index is 1.55. The van der Waals surface area contributed by atoms with E-state index in [0.717, 1.165) is 0 Å². The van der Waals surface area contributed by atoms with E-state index in [2.05, 4.69) is 26.1 Å². The lowest BCUT2D eigenvalue weighted by molar-refractivity contribution is 0.0921. The third-order valence-electron chi connectivity index (χ3n) is 4.59. The highest BCUT2D eigenvalue weighted by Crippen LogP contribution is 2.24. The van der Waals surface area contributed by atoms with E-state index in [1.807, 2.05) is 42.5 Å². The fraction of sp³-hybridized carbons (Fsp3) is 0.200. The molecule has 0 fully saturated rings. The van der Waals surface area contributed by atoms with Crippen molar-refractivity contribution in [3.05, 3.63) is 95.6 Å². The average Bonchev–Trinajstić information content (AvgIpc) is 2.73. The van der Waals surface area contributed by atoms with Crippen LogP contribution in [0.4, 0.5) is 5.69 Å². The number of amides is 1. The van der Waals surface area contributed by atoms with Gasteiger partial charge in [0, 0.05) is 16.8 Å². The molecular weight excluding hydrogens is 362 g/mol. The van der Waals surface area contributed by atoms with E-state index in [1.54, 1.807) is 36.4 Å². The normalized spacial score (nSPS) is 11.0. The van der Waals surface area contributed by atoms with Crippen LogP contribution >= 0.6 is 0 Å². The number of Topliss-reactive ketones (excluding diaryl/α,β-unsaturated/α-hetero) is 1. The molecule has 1 amide bonds. The predicted octanol–water partition coefficient (Wildman–Crippen LogP) is 5.50. The molecule has 4 heteroatoms. The maximum atomic E-state index is 12.4. The Bertz CT molecular complexity index is 969. The topological polar surface area (TPSA) is 55.4 Å². The van der Waals surface area contributed by atoms with Gasteiger partial charge in [-0.1, -0.05) is 51.1 Å². The van der Waals surface area contributed by atoms with Crippen molar-refractivity contribution in [1.82, 2.24) is 0 Å². The lowest BCUT2D eigenvalue weighted by Crippen LogP contribution is -2.14. The lowest BCUT2D eigenvalue weighted by Gasteiger charge is -2.19. The predicted molar refractivity (Wildman–Crippen MR) is 116 cm³/mol. The molecule has 0 atom stereocenters. The zero-order valence-corrected chi connectivity index (χ0v) is 16.9. The Hall–Kier alpha value is -3.40. The van der Waals surface area contributed by atoms with Gasteiger partial charge in [0.05, 0.1) is 0 Å². The van der Waals surface area contributed by atoms with E-state index < -0.39 is 0 Å². The first-order chi connectivity index (χ1) is 13.8. The van der Waals surface area contributed by atoms with Crippen LogP contribution in [0, 0.1) is 0 Å². The van der Waals surface area contributed by atoms with E-state index >= 15 is 0 Å². The van der Waals surface area contributed by atoms with Crippen molar-refractivity contribution in [2.75, 3.05) is 11.9 Å². The highest BCUT2D eigenvalue weighted by atomic mass is 16.5. The summed E-state index contributed by atoms with van der Waals surface area (Å²) in [5.74, 6) is 0.357. The van der Waals surface area contributed by atoms with Crippen LogP contribution in [0.1, 0.15) is 47.1 Å². The third kappa shape index (κ3) is 5.55. The Labute approximate surface area is 171 Å². The van der Waals surface area contributed by atoms with Crippen molar-refractivity contribution >= 4 is 17.4 Å². The minimum atomic E-state index is -0.188. The summed E-state index contributed by atoms with van der Waals surface area (Å²) in [6.07, 6.45) is 0. The summed E-state index contributed by atoms with van der Waals surface area (Å²) in [6.45, 7) is 6.42. The SMILES string of the molecule is CC(C)(C)c1ccc(OCC(=O)c2ccc(NC(=O)c3ccccc3)cc2)cc1. The van der Waals surface area contributed by atoms with Gasteiger partial charge >= 0.3 is 0 Å². The molecule has 0 unspecified atom stereocenters. The number of carbonyl (C=O) groups excluding carboxylic acids is 2. The number of hydrogen-bond acceptors (Lipinski definition) is 3. The summed E-state index contributed by atoms with van der Waals surface area (Å²) in [5, 5.41) is 2.82. The quantitative estimate of drug-likeness (QED) is 0.568. The fourth-order valence-electron chi connectivity index (χ4n) is 2.82. The van der Waals surface area contributed by atoms with Crippen molar-refractivity contribution in [3.8, 4) is 5.75 Å². The number of ether oxygens (including phenoxy) is 1. The van der Waals surface area contributed by atoms with Gasteiger partial charge in [0.25, 0.3) is 5.91 Å². The molecule has 0 radical (unpaired) electrons. The van der Waals surface area contributed by atoms with Crippen molar-refractivity contribution in [2.24, 2.45) is 0 Å². The van der Waals surface area contributed by atoms with Gasteiger partial charge in [-0.15, -0.1) is 0 Å². The second-order valence-corrected chi connectivity index (χ2v) is 7.88. The molecule has 1 N–H and O–H groups in total. The van der Waals surface area contributed by atoms with Crippen LogP contribution in [-0.4, -0.2) is 18.3 Å². The smallest absolute Gasteiger partial charge is 0.255 e. The first-order valence-electron chi connectivity index (χ1n) is 9.56. The van der Waals surface area contributed by atoms with Gasteiger partial charge in [0.2, 0.25) is 0 Å². The summed E-state index contributed by atoms with van der Waals surface area (Å²) in [5.41, 5.74) is 3.04. The molecule has 0 spiro atoms. The van der Waals surface area contributed by atoms with Crippen LogP contribution in [0.3, 0.4) is 0 Å². The van der Waals surface area contributed by atoms with E-state index in [-0.39, 0.29) is 23.7 Å². The molecule has 4 nitrogen and oxygen atoms in total. The number of rotatable bonds is 6. The molecule has 0 aliphatic rings. The molecule has 148 valence electrons. The molecule has 3 aromatic rings. The number of hydrogen-bond donors (Lipinski definition) is 1. The third-order valence-corrected chi connectivity index (χ3v) is 4.59. The molecule has 0 saturated heterocycles. The molecule has 3 rings (SSSR count). The van der Waals surface area contributed by atoms with Gasteiger partial charge < -0.3 is 10.1 Å². The summed E-state index contributed by atoms with van der Waals surface area (Å²) in [7, 11) is 0. The van der Waals surface area contributed by atoms with Gasteiger partial charge in [0.15, 0.2) is 12.4 Å². The number of ketones is 1. The number of anilines is 1. The lowest BCUT2D eigenvalue weighted by atomic mass is 9.87. The molecule has 0 aliphatic heterocycles. The molecular formula is C25H25NO3. The van der Waals surface area contributed by atoms with Crippen LogP contribution in [0.5, 0.6) is 5.75 Å². The first-order valence-corrected chi connectivity index (χ1v) is 9.56. The highest BCUT2D eigenvalue weighted by molar-refractivity contribution is 6.04. The largest absolute Gasteiger partial charge is 0.485 e. The molecule has 3 aromatic carbocycles. The van der Waals surface area contributed by atoms with Crippen LogP contribution in [0.25, 0.3) is 0 Å². The van der Waals surface area contributed by atoms with E-state index in [9.17, 15) is 9.59 Å². The maximum absolute atomic E-state index is 12.4. The Morgan fingerprint density at radius 1 is 0.793 bits per heavy atom. The molecule has 0 heterocycles. The summed E-state index contributed by atoms with van der Waals surface area (Å²) in [4.78, 5) is 24.6. The minimum Gasteiger partial charge on any atom is -0.485 e. The molecule has 29 heavy (non-hydrogen) atoms. The standard InChI is InChI=1S/C25H25NO3/c1-25(2,3)20-11-15-22(16-12-20)29-17-23(27)18-9-13-21(14-10-18)26-24(28)19-7-5-4-6-8-19/h4-16H,17H2,1-3H3,(H,26,28). The second-order valence-electron chi connectivity index (χ2n) is 7.88. The molecule has 0 aliphatic carbocycles. The van der Waals surface area contributed by atoms with Crippen LogP contribution in [0.15, 0.2) is 78.9 Å². The fourth-order valence-corrected chi connectivity index (χ4v) is 2.82. The van der Waals surface area contributed by atoms with Crippen molar-refractivity contribution in [3.63, 3.8) is 0 Å². The zero-order chi connectivity index (χ0) is 20.9.